The van der Waals surface area contributed by atoms with Gasteiger partial charge in [0.05, 0.1) is 19.0 Å². The second-order valence-electron chi connectivity index (χ2n) is 5.16. The number of amides is 1. The highest BCUT2D eigenvalue weighted by atomic mass is 35.5. The summed E-state index contributed by atoms with van der Waals surface area (Å²) in [7, 11) is -3.82. The van der Waals surface area contributed by atoms with E-state index in [1.807, 2.05) is 0 Å². The Balaban J connectivity index is 1.72. The number of nitrogens with zero attached hydrogens (tertiary/aromatic N) is 1. The van der Waals surface area contributed by atoms with E-state index in [2.05, 4.69) is 9.71 Å². The lowest BCUT2D eigenvalue weighted by atomic mass is 10.1. The molecule has 1 aliphatic rings. The topological polar surface area (TPSA) is 85.4 Å². The lowest BCUT2D eigenvalue weighted by Crippen LogP contribution is -2.31. The molecule has 8 heteroatoms. The van der Waals surface area contributed by atoms with Crippen molar-refractivity contribution >= 4 is 27.5 Å². The van der Waals surface area contributed by atoms with Gasteiger partial charge in [-0.25, -0.2) is 18.1 Å². The van der Waals surface area contributed by atoms with E-state index in [0.717, 1.165) is 11.1 Å². The van der Waals surface area contributed by atoms with Crippen molar-refractivity contribution in [1.82, 2.24) is 9.71 Å². The van der Waals surface area contributed by atoms with Crippen LogP contribution in [0.25, 0.3) is 0 Å². The molecule has 120 valence electrons. The third-order valence-corrected chi connectivity index (χ3v) is 4.81. The lowest BCUT2D eigenvalue weighted by Gasteiger charge is -2.08. The summed E-state index contributed by atoms with van der Waals surface area (Å²) in [5.41, 5.74) is 2.64. The van der Waals surface area contributed by atoms with Gasteiger partial charge < -0.3 is 4.74 Å². The van der Waals surface area contributed by atoms with Gasteiger partial charge >= 0.3 is 0 Å². The van der Waals surface area contributed by atoms with Gasteiger partial charge in [-0.1, -0.05) is 23.7 Å². The van der Waals surface area contributed by atoms with Gasteiger partial charge in [-0.2, -0.15) is 0 Å². The second-order valence-corrected chi connectivity index (χ2v) is 7.27. The summed E-state index contributed by atoms with van der Waals surface area (Å²) in [6.07, 6.45) is 1.36. The minimum atomic E-state index is -3.82. The highest BCUT2D eigenvalue weighted by molar-refractivity contribution is 7.89. The van der Waals surface area contributed by atoms with Crippen molar-refractivity contribution in [1.29, 1.82) is 0 Å². The van der Waals surface area contributed by atoms with Crippen LogP contribution in [-0.2, 0) is 33.7 Å². The molecular weight excluding hydrogens is 340 g/mol. The van der Waals surface area contributed by atoms with E-state index in [9.17, 15) is 13.2 Å². The van der Waals surface area contributed by atoms with Gasteiger partial charge in [-0.05, 0) is 34.9 Å². The first-order chi connectivity index (χ1) is 10.9. The van der Waals surface area contributed by atoms with Gasteiger partial charge in [0.25, 0.3) is 5.91 Å². The predicted molar refractivity (Wildman–Crippen MR) is 84.3 cm³/mol. The number of benzene rings is 1. The summed E-state index contributed by atoms with van der Waals surface area (Å²) >= 11 is 5.65. The number of carbonyl (C=O) groups excluding carboxylic acids is 1. The van der Waals surface area contributed by atoms with Gasteiger partial charge in [-0.15, -0.1) is 0 Å². The van der Waals surface area contributed by atoms with E-state index in [1.165, 1.54) is 12.3 Å². The Morgan fingerprint density at radius 1 is 1.22 bits per heavy atom. The Kier molecular flexibility index (Phi) is 4.34. The number of fused-ring (bicyclic) bond motifs is 1. The first kappa shape index (κ1) is 15.9. The largest absolute Gasteiger partial charge is 0.372 e. The van der Waals surface area contributed by atoms with Crippen LogP contribution in [0.5, 0.6) is 0 Å². The summed E-state index contributed by atoms with van der Waals surface area (Å²) in [5, 5.41) is 0.274. The molecule has 0 atom stereocenters. The molecule has 23 heavy (non-hydrogen) atoms. The van der Waals surface area contributed by atoms with Crippen LogP contribution in [0.4, 0.5) is 0 Å². The maximum Gasteiger partial charge on any atom is 0.264 e. The molecule has 2 aromatic rings. The third kappa shape index (κ3) is 3.87. The maximum absolute atomic E-state index is 12.1. The van der Waals surface area contributed by atoms with Crippen LogP contribution in [0.3, 0.4) is 0 Å². The van der Waals surface area contributed by atoms with Gasteiger partial charge in [-0.3, -0.25) is 4.79 Å². The fourth-order valence-corrected chi connectivity index (χ4v) is 3.45. The van der Waals surface area contributed by atoms with Gasteiger partial charge in [0.2, 0.25) is 10.0 Å². The monoisotopic (exact) mass is 352 g/mol. The molecule has 1 N–H and O–H groups in total. The molecule has 1 aromatic heterocycles. The standard InChI is InChI=1S/C15H13ClN2O4S/c16-14-4-1-10(6-17-14)9-23(20,21)18-15(19)11-2-3-12-7-22-8-13(12)5-11/h1-6H,7-9H2,(H,18,19). The molecule has 3 rings (SSSR count). The number of rotatable bonds is 4. The average molecular weight is 353 g/mol. The summed E-state index contributed by atoms with van der Waals surface area (Å²) in [5.74, 6) is -1.02. The molecule has 6 nitrogen and oxygen atoms in total. The Morgan fingerprint density at radius 3 is 2.74 bits per heavy atom. The molecule has 0 bridgehead atoms. The van der Waals surface area contributed by atoms with Crippen molar-refractivity contribution in [2.45, 2.75) is 19.0 Å². The molecule has 0 spiro atoms. The molecule has 0 fully saturated rings. The first-order valence-electron chi connectivity index (χ1n) is 6.78. The van der Waals surface area contributed by atoms with Crippen molar-refractivity contribution < 1.29 is 17.9 Å². The fraction of sp³-hybridized carbons (Fsp3) is 0.200. The SMILES string of the molecule is O=C(NS(=O)(=O)Cc1ccc(Cl)nc1)c1ccc2c(c1)COC2. The summed E-state index contributed by atoms with van der Waals surface area (Å²) in [6.45, 7) is 0.943. The van der Waals surface area contributed by atoms with E-state index in [1.54, 1.807) is 24.3 Å². The molecular formula is C15H13ClN2O4S. The molecule has 2 heterocycles. The maximum atomic E-state index is 12.1. The fourth-order valence-electron chi connectivity index (χ4n) is 2.26. The normalized spacial score (nSPS) is 13.6. The number of aromatic nitrogens is 1. The second kappa shape index (κ2) is 6.27. The van der Waals surface area contributed by atoms with Crippen molar-refractivity contribution in [2.24, 2.45) is 0 Å². The quantitative estimate of drug-likeness (QED) is 0.851. The molecule has 0 saturated carbocycles. The van der Waals surface area contributed by atoms with Crippen LogP contribution < -0.4 is 4.72 Å². The highest BCUT2D eigenvalue weighted by Crippen LogP contribution is 2.21. The zero-order valence-electron chi connectivity index (χ0n) is 12.0. The molecule has 1 amide bonds. The number of ether oxygens (including phenoxy) is 1. The Labute approximate surface area is 138 Å². The van der Waals surface area contributed by atoms with Crippen LogP contribution in [0, 0.1) is 0 Å². The van der Waals surface area contributed by atoms with E-state index in [4.69, 9.17) is 16.3 Å². The molecule has 0 unspecified atom stereocenters. The van der Waals surface area contributed by atoms with Gasteiger partial charge in [0.1, 0.15) is 5.15 Å². The molecule has 0 radical (unpaired) electrons. The van der Waals surface area contributed by atoms with Gasteiger partial charge in [0.15, 0.2) is 0 Å². The smallest absolute Gasteiger partial charge is 0.264 e. The Morgan fingerprint density at radius 2 is 2.00 bits per heavy atom. The third-order valence-electron chi connectivity index (χ3n) is 3.38. The minimum Gasteiger partial charge on any atom is -0.372 e. The van der Waals surface area contributed by atoms with E-state index < -0.39 is 15.9 Å². The molecule has 0 saturated heterocycles. The number of pyridine rings is 1. The summed E-state index contributed by atoms with van der Waals surface area (Å²) in [4.78, 5) is 16.0. The van der Waals surface area contributed by atoms with E-state index >= 15 is 0 Å². The number of hydrogen-bond acceptors (Lipinski definition) is 5. The Hall–Kier alpha value is -1.96. The number of nitrogens with one attached hydrogen (secondary N) is 1. The zero-order chi connectivity index (χ0) is 16.4. The molecule has 1 aliphatic heterocycles. The summed E-state index contributed by atoms with van der Waals surface area (Å²) in [6, 6.07) is 8.05. The van der Waals surface area contributed by atoms with Crippen molar-refractivity contribution in [3.8, 4) is 0 Å². The summed E-state index contributed by atoms with van der Waals surface area (Å²) < 4.78 is 31.5. The number of carbonyl (C=O) groups is 1. The van der Waals surface area contributed by atoms with Crippen molar-refractivity contribution in [3.63, 3.8) is 0 Å². The van der Waals surface area contributed by atoms with Crippen LogP contribution in [-0.4, -0.2) is 19.3 Å². The number of sulfonamides is 1. The minimum absolute atomic E-state index is 0.274. The van der Waals surface area contributed by atoms with Gasteiger partial charge in [0, 0.05) is 11.8 Å². The average Bonchev–Trinajstić information content (AvgIpc) is 2.96. The van der Waals surface area contributed by atoms with Crippen LogP contribution in [0.2, 0.25) is 5.15 Å². The predicted octanol–water partition coefficient (Wildman–Crippen LogP) is 2.02. The first-order valence-corrected chi connectivity index (χ1v) is 8.81. The zero-order valence-corrected chi connectivity index (χ0v) is 13.5. The van der Waals surface area contributed by atoms with E-state index in [-0.39, 0.29) is 16.5 Å². The van der Waals surface area contributed by atoms with Crippen molar-refractivity contribution in [2.75, 3.05) is 0 Å². The van der Waals surface area contributed by atoms with Crippen LogP contribution in [0.15, 0.2) is 36.5 Å². The lowest BCUT2D eigenvalue weighted by molar-refractivity contribution is 0.0981. The van der Waals surface area contributed by atoms with E-state index in [0.29, 0.717) is 18.8 Å². The highest BCUT2D eigenvalue weighted by Gasteiger charge is 2.19. The van der Waals surface area contributed by atoms with Crippen molar-refractivity contribution in [3.05, 3.63) is 63.9 Å². The molecule has 1 aromatic carbocycles. The number of halogens is 1. The van der Waals surface area contributed by atoms with Crippen LogP contribution >= 0.6 is 11.6 Å². The number of hydrogen-bond donors (Lipinski definition) is 1. The van der Waals surface area contributed by atoms with Crippen LogP contribution in [0.1, 0.15) is 27.0 Å². The molecule has 0 aliphatic carbocycles. The Bertz CT molecular complexity index is 850.